The topological polar surface area (TPSA) is 59.7 Å². The van der Waals surface area contributed by atoms with Crippen molar-refractivity contribution in [3.63, 3.8) is 0 Å². The Bertz CT molecular complexity index is 636. The number of nitrogens with one attached hydrogen (secondary N) is 2. The molecule has 0 aliphatic rings. The lowest BCUT2D eigenvalue weighted by molar-refractivity contribution is 0.552. The zero-order chi connectivity index (χ0) is 16.7. The Morgan fingerprint density at radius 1 is 1.22 bits per heavy atom. The average molecular weight is 399 g/mol. The number of nitrogens with zero attached hydrogens (tertiary/aromatic N) is 4. The van der Waals surface area contributed by atoms with Crippen LogP contribution in [0.2, 0.25) is 0 Å². The third kappa shape index (κ3) is 6.31. The van der Waals surface area contributed by atoms with Crippen molar-refractivity contribution in [3.8, 4) is 0 Å². The quantitative estimate of drug-likeness (QED) is 0.528. The molecule has 8 heteroatoms. The molecule has 23 heavy (non-hydrogen) atoms. The van der Waals surface area contributed by atoms with Crippen LogP contribution in [0, 0.1) is 13.8 Å². The SMILES string of the molecule is Cc1cc(C)n(CCCNC(=S)NCCCn2cc(Br)cn2)n1. The minimum absolute atomic E-state index is 0.708. The molecule has 2 aromatic rings. The molecule has 0 saturated carbocycles. The lowest BCUT2D eigenvalue weighted by Gasteiger charge is -2.11. The zero-order valence-electron chi connectivity index (χ0n) is 13.5. The number of hydrogen-bond donors (Lipinski definition) is 2. The standard InChI is InChI=1S/C15H23BrN6S/c1-12-9-13(2)22(20-12)8-4-6-18-15(23)17-5-3-7-21-11-14(16)10-19-21/h9-11H,3-8H2,1-2H3,(H2,17,18,23). The highest BCUT2D eigenvalue weighted by Gasteiger charge is 2.01. The Balaban J connectivity index is 1.52. The number of hydrogen-bond acceptors (Lipinski definition) is 3. The molecule has 0 aliphatic heterocycles. The summed E-state index contributed by atoms with van der Waals surface area (Å²) in [5.41, 5.74) is 2.27. The van der Waals surface area contributed by atoms with E-state index >= 15 is 0 Å². The Morgan fingerprint density at radius 2 is 1.91 bits per heavy atom. The van der Waals surface area contributed by atoms with Crippen LogP contribution < -0.4 is 10.6 Å². The number of halogens is 1. The third-order valence-electron chi connectivity index (χ3n) is 3.39. The van der Waals surface area contributed by atoms with Gasteiger partial charge >= 0.3 is 0 Å². The van der Waals surface area contributed by atoms with E-state index in [-0.39, 0.29) is 0 Å². The lowest BCUT2D eigenvalue weighted by atomic mass is 10.4. The molecule has 0 aromatic carbocycles. The number of aryl methyl sites for hydroxylation is 4. The summed E-state index contributed by atoms with van der Waals surface area (Å²) >= 11 is 8.66. The van der Waals surface area contributed by atoms with Gasteiger partial charge in [0.05, 0.1) is 16.4 Å². The van der Waals surface area contributed by atoms with Gasteiger partial charge in [-0.3, -0.25) is 9.36 Å². The first-order chi connectivity index (χ1) is 11.0. The van der Waals surface area contributed by atoms with E-state index in [1.807, 2.05) is 22.5 Å². The van der Waals surface area contributed by atoms with E-state index < -0.39 is 0 Å². The summed E-state index contributed by atoms with van der Waals surface area (Å²) < 4.78 is 4.96. The highest BCUT2D eigenvalue weighted by molar-refractivity contribution is 9.10. The van der Waals surface area contributed by atoms with Crippen molar-refractivity contribution >= 4 is 33.3 Å². The summed E-state index contributed by atoms with van der Waals surface area (Å²) in [5.74, 6) is 0. The molecule has 0 aliphatic carbocycles. The van der Waals surface area contributed by atoms with Gasteiger partial charge in [0.15, 0.2) is 5.11 Å². The Labute approximate surface area is 150 Å². The van der Waals surface area contributed by atoms with Crippen molar-refractivity contribution in [3.05, 3.63) is 34.3 Å². The summed E-state index contributed by atoms with van der Waals surface area (Å²) in [4.78, 5) is 0. The highest BCUT2D eigenvalue weighted by atomic mass is 79.9. The molecule has 0 spiro atoms. The van der Waals surface area contributed by atoms with Crippen LogP contribution in [-0.4, -0.2) is 37.8 Å². The molecule has 0 saturated heterocycles. The predicted molar refractivity (Wildman–Crippen MR) is 99.5 cm³/mol. The minimum atomic E-state index is 0.708. The Hall–Kier alpha value is -1.41. The van der Waals surface area contributed by atoms with Gasteiger partial charge < -0.3 is 10.6 Å². The summed E-state index contributed by atoms with van der Waals surface area (Å²) in [6.07, 6.45) is 5.73. The maximum Gasteiger partial charge on any atom is 0.166 e. The second-order valence-electron chi connectivity index (χ2n) is 5.46. The molecule has 2 aromatic heterocycles. The van der Waals surface area contributed by atoms with Gasteiger partial charge in [-0.05, 0) is 60.9 Å². The summed E-state index contributed by atoms with van der Waals surface area (Å²) in [7, 11) is 0. The van der Waals surface area contributed by atoms with E-state index in [1.165, 1.54) is 5.69 Å². The highest BCUT2D eigenvalue weighted by Crippen LogP contribution is 2.06. The summed E-state index contributed by atoms with van der Waals surface area (Å²) in [6.45, 7) is 7.56. The molecule has 0 unspecified atom stereocenters. The van der Waals surface area contributed by atoms with Crippen molar-refractivity contribution in [2.75, 3.05) is 13.1 Å². The molecule has 2 rings (SSSR count). The normalized spacial score (nSPS) is 10.7. The maximum absolute atomic E-state index is 5.27. The van der Waals surface area contributed by atoms with E-state index in [9.17, 15) is 0 Å². The molecule has 126 valence electrons. The van der Waals surface area contributed by atoms with Crippen LogP contribution in [-0.2, 0) is 13.1 Å². The van der Waals surface area contributed by atoms with Gasteiger partial charge in [-0.1, -0.05) is 0 Å². The van der Waals surface area contributed by atoms with Gasteiger partial charge in [0.1, 0.15) is 0 Å². The van der Waals surface area contributed by atoms with Gasteiger partial charge in [-0.2, -0.15) is 10.2 Å². The molecule has 2 N–H and O–H groups in total. The van der Waals surface area contributed by atoms with Crippen LogP contribution >= 0.6 is 28.1 Å². The summed E-state index contributed by atoms with van der Waals surface area (Å²) in [6, 6.07) is 2.10. The van der Waals surface area contributed by atoms with Gasteiger partial charge in [0.2, 0.25) is 0 Å². The first kappa shape index (κ1) is 17.9. The van der Waals surface area contributed by atoms with Gasteiger partial charge in [0, 0.05) is 38.1 Å². The molecule has 0 atom stereocenters. The van der Waals surface area contributed by atoms with Gasteiger partial charge in [-0.15, -0.1) is 0 Å². The first-order valence-electron chi connectivity index (χ1n) is 7.75. The van der Waals surface area contributed by atoms with E-state index in [2.05, 4.69) is 49.8 Å². The Morgan fingerprint density at radius 3 is 2.48 bits per heavy atom. The molecule has 0 fully saturated rings. The van der Waals surface area contributed by atoms with Crippen LogP contribution in [0.25, 0.3) is 0 Å². The molecular weight excluding hydrogens is 376 g/mol. The fourth-order valence-electron chi connectivity index (χ4n) is 2.30. The van der Waals surface area contributed by atoms with Gasteiger partial charge in [-0.25, -0.2) is 0 Å². The molecular formula is C15H23BrN6S. The fraction of sp³-hybridized carbons (Fsp3) is 0.533. The van der Waals surface area contributed by atoms with E-state index in [0.717, 1.165) is 49.2 Å². The number of thiocarbonyl (C=S) groups is 1. The monoisotopic (exact) mass is 398 g/mol. The second kappa shape index (κ2) is 9.02. The minimum Gasteiger partial charge on any atom is -0.363 e. The first-order valence-corrected chi connectivity index (χ1v) is 8.95. The molecule has 0 amide bonds. The van der Waals surface area contributed by atoms with E-state index in [0.29, 0.717) is 5.11 Å². The second-order valence-corrected chi connectivity index (χ2v) is 6.79. The maximum atomic E-state index is 5.27. The van der Waals surface area contributed by atoms with Crippen molar-refractivity contribution in [2.24, 2.45) is 0 Å². The van der Waals surface area contributed by atoms with Crippen molar-refractivity contribution < 1.29 is 0 Å². The van der Waals surface area contributed by atoms with Crippen molar-refractivity contribution in [1.29, 1.82) is 0 Å². The van der Waals surface area contributed by atoms with E-state index in [4.69, 9.17) is 12.2 Å². The van der Waals surface area contributed by atoms with Crippen LogP contribution in [0.5, 0.6) is 0 Å². The van der Waals surface area contributed by atoms with Crippen LogP contribution in [0.3, 0.4) is 0 Å². The van der Waals surface area contributed by atoms with Crippen LogP contribution in [0.1, 0.15) is 24.2 Å². The smallest absolute Gasteiger partial charge is 0.166 e. The number of rotatable bonds is 8. The van der Waals surface area contributed by atoms with E-state index in [1.54, 1.807) is 6.20 Å². The largest absolute Gasteiger partial charge is 0.363 e. The predicted octanol–water partition coefficient (Wildman–Crippen LogP) is 2.40. The molecule has 6 nitrogen and oxygen atoms in total. The van der Waals surface area contributed by atoms with Crippen molar-refractivity contribution in [2.45, 2.75) is 39.8 Å². The fourth-order valence-corrected chi connectivity index (χ4v) is 2.83. The summed E-state index contributed by atoms with van der Waals surface area (Å²) in [5, 5.41) is 15.8. The zero-order valence-corrected chi connectivity index (χ0v) is 16.0. The Kier molecular flexibility index (Phi) is 7.04. The van der Waals surface area contributed by atoms with Crippen molar-refractivity contribution in [1.82, 2.24) is 30.2 Å². The van der Waals surface area contributed by atoms with Crippen LogP contribution in [0.4, 0.5) is 0 Å². The van der Waals surface area contributed by atoms with Gasteiger partial charge in [0.25, 0.3) is 0 Å². The van der Waals surface area contributed by atoms with Crippen LogP contribution in [0.15, 0.2) is 22.9 Å². The molecule has 0 bridgehead atoms. The number of aromatic nitrogens is 4. The third-order valence-corrected chi connectivity index (χ3v) is 4.09. The molecule has 0 radical (unpaired) electrons. The average Bonchev–Trinajstić information content (AvgIpc) is 3.05. The molecule has 2 heterocycles. The lowest BCUT2D eigenvalue weighted by Crippen LogP contribution is -2.36.